The molecule has 7 nitrogen and oxygen atoms in total. The molecule has 1 saturated heterocycles. The first-order valence-electron chi connectivity index (χ1n) is 10.4. The number of hydrogen-bond donors (Lipinski definition) is 2. The lowest BCUT2D eigenvalue weighted by molar-refractivity contribution is -0.130. The van der Waals surface area contributed by atoms with E-state index in [4.69, 9.17) is 4.74 Å². The van der Waals surface area contributed by atoms with Crippen molar-refractivity contribution in [3.05, 3.63) is 60.2 Å². The predicted molar refractivity (Wildman–Crippen MR) is 121 cm³/mol. The smallest absolute Gasteiger partial charge is 0.242 e. The Labute approximate surface area is 178 Å². The second kappa shape index (κ2) is 11.1. The number of amides is 1. The van der Waals surface area contributed by atoms with Crippen LogP contribution >= 0.6 is 0 Å². The molecule has 7 heteroatoms. The van der Waals surface area contributed by atoms with Crippen molar-refractivity contribution < 1.29 is 9.53 Å². The van der Waals surface area contributed by atoms with Gasteiger partial charge in [-0.15, -0.1) is 0 Å². The molecule has 0 atom stereocenters. The van der Waals surface area contributed by atoms with Crippen LogP contribution in [0.4, 0.5) is 5.69 Å². The fraction of sp³-hybridized carbons (Fsp3) is 0.391. The zero-order valence-electron chi connectivity index (χ0n) is 17.8. The Morgan fingerprint density at radius 3 is 2.37 bits per heavy atom. The minimum Gasteiger partial charge on any atom is -0.492 e. The third-order valence-corrected chi connectivity index (χ3v) is 5.07. The number of rotatable bonds is 7. The summed E-state index contributed by atoms with van der Waals surface area (Å²) in [5, 5.41) is 6.27. The lowest BCUT2D eigenvalue weighted by Crippen LogP contribution is -2.52. The standard InChI is InChI=1S/C23H31N5O2/c1-19-8-10-21(11-9-19)30-17-12-25-23(24-2)26-18-22(29)28-15-13-27(14-16-28)20-6-4-3-5-7-20/h3-11H,12-18H2,1-2H3,(H2,24,25,26). The Kier molecular flexibility index (Phi) is 7.94. The van der Waals surface area contributed by atoms with E-state index in [-0.39, 0.29) is 12.5 Å². The van der Waals surface area contributed by atoms with Gasteiger partial charge in [-0.2, -0.15) is 0 Å². The average molecular weight is 410 g/mol. The number of aliphatic imine (C=N–C) groups is 1. The molecule has 1 fully saturated rings. The van der Waals surface area contributed by atoms with Crippen LogP contribution in [0.15, 0.2) is 59.6 Å². The van der Waals surface area contributed by atoms with Gasteiger partial charge in [0.2, 0.25) is 5.91 Å². The Balaban J connectivity index is 1.33. The maximum Gasteiger partial charge on any atom is 0.242 e. The summed E-state index contributed by atoms with van der Waals surface area (Å²) in [4.78, 5) is 20.9. The third-order valence-electron chi connectivity index (χ3n) is 5.07. The van der Waals surface area contributed by atoms with E-state index in [2.05, 4.69) is 32.7 Å². The third kappa shape index (κ3) is 6.40. The highest BCUT2D eigenvalue weighted by molar-refractivity contribution is 5.86. The summed E-state index contributed by atoms with van der Waals surface area (Å²) in [6.07, 6.45) is 0. The van der Waals surface area contributed by atoms with Gasteiger partial charge in [0, 0.05) is 38.9 Å². The van der Waals surface area contributed by atoms with E-state index in [1.54, 1.807) is 7.05 Å². The molecule has 1 aliphatic heterocycles. The first-order chi connectivity index (χ1) is 14.7. The van der Waals surface area contributed by atoms with Crippen molar-refractivity contribution in [3.8, 4) is 5.75 Å². The molecule has 0 aliphatic carbocycles. The summed E-state index contributed by atoms with van der Waals surface area (Å²) < 4.78 is 5.70. The fourth-order valence-corrected chi connectivity index (χ4v) is 3.32. The van der Waals surface area contributed by atoms with Crippen LogP contribution in [-0.4, -0.2) is 69.7 Å². The van der Waals surface area contributed by atoms with Gasteiger partial charge in [-0.1, -0.05) is 35.9 Å². The van der Waals surface area contributed by atoms with Gasteiger partial charge in [0.15, 0.2) is 5.96 Å². The van der Waals surface area contributed by atoms with E-state index >= 15 is 0 Å². The molecule has 1 heterocycles. The van der Waals surface area contributed by atoms with Crippen molar-refractivity contribution in [2.24, 2.45) is 4.99 Å². The molecule has 1 aliphatic rings. The summed E-state index contributed by atoms with van der Waals surface area (Å²) in [5.74, 6) is 1.52. The minimum atomic E-state index is 0.0848. The molecule has 0 unspecified atom stereocenters. The molecule has 0 bridgehead atoms. The second-order valence-corrected chi connectivity index (χ2v) is 7.22. The molecule has 0 spiro atoms. The molecule has 2 aromatic rings. The number of guanidine groups is 1. The van der Waals surface area contributed by atoms with Crippen molar-refractivity contribution in [1.82, 2.24) is 15.5 Å². The Morgan fingerprint density at radius 2 is 1.70 bits per heavy atom. The predicted octanol–water partition coefficient (Wildman–Crippen LogP) is 1.89. The van der Waals surface area contributed by atoms with Crippen molar-refractivity contribution in [1.29, 1.82) is 0 Å². The number of aryl methyl sites for hydroxylation is 1. The van der Waals surface area contributed by atoms with Gasteiger partial charge < -0.3 is 25.2 Å². The Hall–Kier alpha value is -3.22. The SMILES string of the molecule is CN=C(NCCOc1ccc(C)cc1)NCC(=O)N1CCN(c2ccccc2)CC1. The number of para-hydroxylation sites is 1. The molecule has 3 rings (SSSR count). The van der Waals surface area contributed by atoms with E-state index < -0.39 is 0 Å². The lowest BCUT2D eigenvalue weighted by atomic mass is 10.2. The van der Waals surface area contributed by atoms with Crippen LogP contribution < -0.4 is 20.3 Å². The number of hydrogen-bond acceptors (Lipinski definition) is 4. The van der Waals surface area contributed by atoms with Gasteiger partial charge in [0.1, 0.15) is 12.4 Å². The van der Waals surface area contributed by atoms with Gasteiger partial charge in [0.25, 0.3) is 0 Å². The Morgan fingerprint density at radius 1 is 1.00 bits per heavy atom. The van der Waals surface area contributed by atoms with E-state index in [1.807, 2.05) is 54.3 Å². The van der Waals surface area contributed by atoms with Gasteiger partial charge in [0.05, 0.1) is 13.1 Å². The first kappa shape index (κ1) is 21.5. The molecule has 0 radical (unpaired) electrons. The van der Waals surface area contributed by atoms with Crippen LogP contribution in [0.1, 0.15) is 5.56 Å². The van der Waals surface area contributed by atoms with Crippen LogP contribution in [0.5, 0.6) is 5.75 Å². The fourth-order valence-electron chi connectivity index (χ4n) is 3.32. The second-order valence-electron chi connectivity index (χ2n) is 7.22. The van der Waals surface area contributed by atoms with Crippen LogP contribution in [0, 0.1) is 6.92 Å². The molecule has 2 N–H and O–H groups in total. The highest BCUT2D eigenvalue weighted by Gasteiger charge is 2.21. The lowest BCUT2D eigenvalue weighted by Gasteiger charge is -2.36. The maximum atomic E-state index is 12.5. The minimum absolute atomic E-state index is 0.0848. The molecule has 1 amide bonds. The number of carbonyl (C=O) groups excluding carboxylic acids is 1. The number of benzene rings is 2. The first-order valence-corrected chi connectivity index (χ1v) is 10.4. The molecule has 0 aromatic heterocycles. The molecule has 160 valence electrons. The molecular formula is C23H31N5O2. The number of piperazine rings is 1. The van der Waals surface area contributed by atoms with Gasteiger partial charge in [-0.3, -0.25) is 9.79 Å². The van der Waals surface area contributed by atoms with Crippen LogP contribution in [0.25, 0.3) is 0 Å². The number of anilines is 1. The van der Waals surface area contributed by atoms with Gasteiger partial charge >= 0.3 is 0 Å². The zero-order valence-corrected chi connectivity index (χ0v) is 17.8. The summed E-state index contributed by atoms with van der Waals surface area (Å²) >= 11 is 0. The van der Waals surface area contributed by atoms with E-state index in [9.17, 15) is 4.79 Å². The maximum absolute atomic E-state index is 12.5. The largest absolute Gasteiger partial charge is 0.492 e. The molecule has 2 aromatic carbocycles. The highest BCUT2D eigenvalue weighted by atomic mass is 16.5. The Bertz CT molecular complexity index is 815. The molecular weight excluding hydrogens is 378 g/mol. The zero-order chi connectivity index (χ0) is 21.2. The topological polar surface area (TPSA) is 69.2 Å². The summed E-state index contributed by atoms with van der Waals surface area (Å²) in [7, 11) is 1.69. The van der Waals surface area contributed by atoms with Gasteiger partial charge in [-0.05, 0) is 31.2 Å². The van der Waals surface area contributed by atoms with Crippen LogP contribution in [0.3, 0.4) is 0 Å². The highest BCUT2D eigenvalue weighted by Crippen LogP contribution is 2.15. The number of nitrogens with zero attached hydrogens (tertiary/aromatic N) is 3. The monoisotopic (exact) mass is 409 g/mol. The van der Waals surface area contributed by atoms with E-state index in [1.165, 1.54) is 11.3 Å². The van der Waals surface area contributed by atoms with Crippen molar-refractivity contribution in [3.63, 3.8) is 0 Å². The molecule has 0 saturated carbocycles. The number of nitrogens with one attached hydrogen (secondary N) is 2. The normalized spacial score (nSPS) is 14.4. The average Bonchev–Trinajstić information content (AvgIpc) is 2.80. The van der Waals surface area contributed by atoms with Crippen molar-refractivity contribution >= 4 is 17.6 Å². The number of ether oxygens (including phenoxy) is 1. The molecule has 30 heavy (non-hydrogen) atoms. The van der Waals surface area contributed by atoms with Crippen molar-refractivity contribution in [2.75, 3.05) is 57.8 Å². The summed E-state index contributed by atoms with van der Waals surface area (Å²) in [6, 6.07) is 18.3. The summed E-state index contributed by atoms with van der Waals surface area (Å²) in [5.41, 5.74) is 2.41. The van der Waals surface area contributed by atoms with E-state index in [0.29, 0.717) is 19.1 Å². The number of carbonyl (C=O) groups is 1. The van der Waals surface area contributed by atoms with Crippen molar-refractivity contribution in [2.45, 2.75) is 6.92 Å². The quantitative estimate of drug-likeness (QED) is 0.415. The van der Waals surface area contributed by atoms with Gasteiger partial charge in [-0.25, -0.2) is 0 Å². The van der Waals surface area contributed by atoms with Crippen LogP contribution in [0.2, 0.25) is 0 Å². The summed E-state index contributed by atoms with van der Waals surface area (Å²) in [6.45, 7) is 6.53. The van der Waals surface area contributed by atoms with E-state index in [0.717, 1.165) is 31.9 Å². The van der Waals surface area contributed by atoms with Crippen LogP contribution in [-0.2, 0) is 4.79 Å².